The molecule has 0 spiro atoms. The molecule has 0 aromatic carbocycles. The van der Waals surface area contributed by atoms with Gasteiger partial charge in [-0.3, -0.25) is 0 Å². The van der Waals surface area contributed by atoms with Gasteiger partial charge in [-0.05, 0) is 0 Å². The number of hydrogen-bond acceptors (Lipinski definition) is 4. The Labute approximate surface area is 95.8 Å². The quantitative estimate of drug-likeness (QED) is 0.433. The SMILES string of the molecule is C=CCO[C@@H]([C@H](OCC=C)[C@H]1CO1)[C@H]1CO1. The molecule has 2 fully saturated rings. The molecule has 4 atom stereocenters. The normalized spacial score (nSPS) is 30.5. The fourth-order valence-corrected chi connectivity index (χ4v) is 1.68. The molecule has 16 heavy (non-hydrogen) atoms. The summed E-state index contributed by atoms with van der Waals surface area (Å²) in [6, 6.07) is 0. The highest BCUT2D eigenvalue weighted by molar-refractivity contribution is 4.95. The Morgan fingerprint density at radius 3 is 1.62 bits per heavy atom. The van der Waals surface area contributed by atoms with Gasteiger partial charge in [0.25, 0.3) is 0 Å². The highest BCUT2D eigenvalue weighted by Crippen LogP contribution is 2.29. The van der Waals surface area contributed by atoms with Crippen LogP contribution in [-0.2, 0) is 18.9 Å². The van der Waals surface area contributed by atoms with Gasteiger partial charge in [0.05, 0.1) is 26.4 Å². The van der Waals surface area contributed by atoms with E-state index >= 15 is 0 Å². The van der Waals surface area contributed by atoms with E-state index in [-0.39, 0.29) is 24.4 Å². The van der Waals surface area contributed by atoms with E-state index in [1.165, 1.54) is 0 Å². The van der Waals surface area contributed by atoms with E-state index in [2.05, 4.69) is 13.2 Å². The fourth-order valence-electron chi connectivity index (χ4n) is 1.68. The first kappa shape index (κ1) is 11.8. The zero-order valence-electron chi connectivity index (χ0n) is 9.34. The topological polar surface area (TPSA) is 43.5 Å². The standard InChI is InChI=1S/C12H18O4/c1-3-5-13-11(9-7-15-9)12(10-8-16-10)14-6-4-2/h3-4,9-12H,1-2,5-8H2/t9-,10-,11-,12-/m1/s1. The van der Waals surface area contributed by atoms with Gasteiger partial charge in [-0.2, -0.15) is 0 Å². The lowest BCUT2D eigenvalue weighted by Crippen LogP contribution is -2.40. The van der Waals surface area contributed by atoms with Crippen molar-refractivity contribution in [1.29, 1.82) is 0 Å². The second-order valence-corrected chi connectivity index (χ2v) is 3.92. The van der Waals surface area contributed by atoms with Crippen LogP contribution in [0.1, 0.15) is 0 Å². The number of epoxide rings is 2. The minimum absolute atomic E-state index is 0.0644. The van der Waals surface area contributed by atoms with Gasteiger partial charge in [0, 0.05) is 0 Å². The third-order valence-electron chi connectivity index (χ3n) is 2.59. The molecule has 0 amide bonds. The summed E-state index contributed by atoms with van der Waals surface area (Å²) in [6.07, 6.45) is 3.61. The van der Waals surface area contributed by atoms with E-state index in [0.29, 0.717) is 13.2 Å². The van der Waals surface area contributed by atoms with Crippen molar-refractivity contribution in [3.8, 4) is 0 Å². The Morgan fingerprint density at radius 2 is 1.38 bits per heavy atom. The molecule has 0 N–H and O–H groups in total. The van der Waals surface area contributed by atoms with E-state index in [4.69, 9.17) is 18.9 Å². The lowest BCUT2D eigenvalue weighted by Gasteiger charge is -2.24. The summed E-state index contributed by atoms with van der Waals surface area (Å²) >= 11 is 0. The van der Waals surface area contributed by atoms with E-state index < -0.39 is 0 Å². The Hall–Kier alpha value is -0.680. The highest BCUT2D eigenvalue weighted by atomic mass is 16.6. The molecule has 0 unspecified atom stereocenters. The Bertz CT molecular complexity index is 219. The molecule has 0 bridgehead atoms. The van der Waals surface area contributed by atoms with E-state index in [0.717, 1.165) is 13.2 Å². The molecule has 90 valence electrons. The molecule has 0 saturated carbocycles. The van der Waals surface area contributed by atoms with Gasteiger partial charge < -0.3 is 18.9 Å². The van der Waals surface area contributed by atoms with Crippen LogP contribution < -0.4 is 0 Å². The first-order chi connectivity index (χ1) is 7.86. The molecule has 2 aliphatic heterocycles. The molecule has 2 aliphatic rings. The third kappa shape index (κ3) is 3.15. The molecule has 2 heterocycles. The largest absolute Gasteiger partial charge is 0.370 e. The first-order valence-corrected chi connectivity index (χ1v) is 5.55. The van der Waals surface area contributed by atoms with Crippen LogP contribution in [0.3, 0.4) is 0 Å². The lowest BCUT2D eigenvalue weighted by molar-refractivity contribution is -0.0789. The van der Waals surface area contributed by atoms with Gasteiger partial charge >= 0.3 is 0 Å². The Balaban J connectivity index is 1.89. The molecule has 4 heteroatoms. The van der Waals surface area contributed by atoms with Gasteiger partial charge in [0.1, 0.15) is 24.4 Å². The average molecular weight is 226 g/mol. The number of ether oxygens (including phenoxy) is 4. The lowest BCUT2D eigenvalue weighted by atomic mass is 10.1. The predicted octanol–water partition coefficient (Wildman–Crippen LogP) is 0.926. The number of rotatable bonds is 9. The maximum Gasteiger partial charge on any atom is 0.115 e. The zero-order valence-corrected chi connectivity index (χ0v) is 9.34. The molecular weight excluding hydrogens is 208 g/mol. The van der Waals surface area contributed by atoms with Gasteiger partial charge in [0.2, 0.25) is 0 Å². The molecule has 0 aromatic heterocycles. The summed E-state index contributed by atoms with van der Waals surface area (Å²) in [4.78, 5) is 0. The minimum atomic E-state index is -0.0644. The molecule has 0 aromatic rings. The summed E-state index contributed by atoms with van der Waals surface area (Å²) in [5, 5.41) is 0. The summed E-state index contributed by atoms with van der Waals surface area (Å²) in [5.74, 6) is 0. The van der Waals surface area contributed by atoms with Crippen molar-refractivity contribution in [2.75, 3.05) is 26.4 Å². The van der Waals surface area contributed by atoms with Crippen molar-refractivity contribution < 1.29 is 18.9 Å². The summed E-state index contributed by atoms with van der Waals surface area (Å²) in [6.45, 7) is 9.77. The van der Waals surface area contributed by atoms with Gasteiger partial charge in [-0.1, -0.05) is 12.2 Å². The Morgan fingerprint density at radius 1 is 1.00 bits per heavy atom. The monoisotopic (exact) mass is 226 g/mol. The summed E-state index contributed by atoms with van der Waals surface area (Å²) in [7, 11) is 0. The van der Waals surface area contributed by atoms with Crippen LogP contribution in [0.2, 0.25) is 0 Å². The van der Waals surface area contributed by atoms with Crippen molar-refractivity contribution in [1.82, 2.24) is 0 Å². The van der Waals surface area contributed by atoms with Crippen molar-refractivity contribution in [2.45, 2.75) is 24.4 Å². The maximum atomic E-state index is 5.69. The van der Waals surface area contributed by atoms with Crippen LogP contribution in [0.4, 0.5) is 0 Å². The van der Waals surface area contributed by atoms with Crippen LogP contribution in [0.25, 0.3) is 0 Å². The number of hydrogen-bond donors (Lipinski definition) is 0. The van der Waals surface area contributed by atoms with Crippen LogP contribution in [-0.4, -0.2) is 50.8 Å². The maximum absolute atomic E-state index is 5.69. The third-order valence-corrected chi connectivity index (χ3v) is 2.59. The average Bonchev–Trinajstić information content (AvgIpc) is 3.15. The second-order valence-electron chi connectivity index (χ2n) is 3.92. The van der Waals surface area contributed by atoms with Crippen molar-refractivity contribution in [3.63, 3.8) is 0 Å². The predicted molar refractivity (Wildman–Crippen MR) is 59.4 cm³/mol. The minimum Gasteiger partial charge on any atom is -0.370 e. The summed E-state index contributed by atoms with van der Waals surface area (Å²) < 4.78 is 22.0. The fraction of sp³-hybridized carbons (Fsp3) is 0.667. The van der Waals surface area contributed by atoms with Gasteiger partial charge in [-0.15, -0.1) is 13.2 Å². The van der Waals surface area contributed by atoms with Gasteiger partial charge in [-0.25, -0.2) is 0 Å². The van der Waals surface area contributed by atoms with Crippen LogP contribution >= 0.6 is 0 Å². The summed E-state index contributed by atoms with van der Waals surface area (Å²) in [5.41, 5.74) is 0. The first-order valence-electron chi connectivity index (χ1n) is 5.55. The van der Waals surface area contributed by atoms with E-state index in [9.17, 15) is 0 Å². The Kier molecular flexibility index (Phi) is 4.12. The molecule has 4 nitrogen and oxygen atoms in total. The molecule has 0 radical (unpaired) electrons. The van der Waals surface area contributed by atoms with Crippen LogP contribution in [0, 0.1) is 0 Å². The zero-order chi connectivity index (χ0) is 11.4. The van der Waals surface area contributed by atoms with Gasteiger partial charge in [0.15, 0.2) is 0 Å². The van der Waals surface area contributed by atoms with Crippen molar-refractivity contribution in [3.05, 3.63) is 25.3 Å². The molecular formula is C12H18O4. The van der Waals surface area contributed by atoms with E-state index in [1.807, 2.05) is 0 Å². The smallest absolute Gasteiger partial charge is 0.115 e. The molecule has 2 rings (SSSR count). The molecule has 0 aliphatic carbocycles. The highest BCUT2D eigenvalue weighted by Gasteiger charge is 2.47. The second kappa shape index (κ2) is 5.59. The molecule has 2 saturated heterocycles. The van der Waals surface area contributed by atoms with Crippen LogP contribution in [0.5, 0.6) is 0 Å². The van der Waals surface area contributed by atoms with Crippen LogP contribution in [0.15, 0.2) is 25.3 Å². The van der Waals surface area contributed by atoms with Crippen molar-refractivity contribution in [2.24, 2.45) is 0 Å². The van der Waals surface area contributed by atoms with E-state index in [1.54, 1.807) is 12.2 Å². The van der Waals surface area contributed by atoms with Crippen molar-refractivity contribution >= 4 is 0 Å².